The molecule has 3 aromatic rings. The molecule has 2 aromatic heterocycles. The third-order valence-corrected chi connectivity index (χ3v) is 4.29. The molecule has 0 spiro atoms. The molecule has 1 fully saturated rings. The minimum absolute atomic E-state index is 0.466. The Labute approximate surface area is 134 Å². The third-order valence-electron chi connectivity index (χ3n) is 4.29. The van der Waals surface area contributed by atoms with Crippen molar-refractivity contribution in [3.8, 4) is 0 Å². The highest BCUT2D eigenvalue weighted by Gasteiger charge is 2.37. The summed E-state index contributed by atoms with van der Waals surface area (Å²) < 4.78 is 6.91. The zero-order chi connectivity index (χ0) is 15.6. The summed E-state index contributed by atoms with van der Waals surface area (Å²) in [6.07, 6.45) is 2.75. The van der Waals surface area contributed by atoms with Gasteiger partial charge in [-0.2, -0.15) is 14.6 Å². The lowest BCUT2D eigenvalue weighted by atomic mass is 10.1. The van der Waals surface area contributed by atoms with E-state index < -0.39 is 0 Å². The molecule has 0 saturated heterocycles. The summed E-state index contributed by atoms with van der Waals surface area (Å²) in [5.41, 5.74) is 2.28. The first kappa shape index (κ1) is 14.1. The van der Waals surface area contributed by atoms with Crippen LogP contribution >= 0.6 is 0 Å². The number of methoxy groups -OCH3 is 1. The van der Waals surface area contributed by atoms with Crippen molar-refractivity contribution in [2.45, 2.75) is 18.9 Å². The fraction of sp³-hybridized carbons (Fsp3) is 0.353. The maximum absolute atomic E-state index is 5.17. The third kappa shape index (κ3) is 2.90. The van der Waals surface area contributed by atoms with Crippen molar-refractivity contribution in [2.75, 3.05) is 19.0 Å². The van der Waals surface area contributed by atoms with E-state index >= 15 is 0 Å². The Balaban J connectivity index is 1.47. The van der Waals surface area contributed by atoms with Gasteiger partial charge in [-0.1, -0.05) is 30.3 Å². The molecule has 1 aromatic carbocycles. The van der Waals surface area contributed by atoms with E-state index in [2.05, 4.69) is 50.7 Å². The van der Waals surface area contributed by atoms with E-state index in [-0.39, 0.29) is 0 Å². The zero-order valence-electron chi connectivity index (χ0n) is 13.0. The molecular weight excluding hydrogens is 290 g/mol. The quantitative estimate of drug-likeness (QED) is 0.758. The molecule has 0 aliphatic heterocycles. The Morgan fingerprint density at radius 3 is 3.00 bits per heavy atom. The smallest absolute Gasteiger partial charge is 0.254 e. The van der Waals surface area contributed by atoms with Gasteiger partial charge in [-0.3, -0.25) is 0 Å². The Morgan fingerprint density at radius 1 is 1.30 bits per heavy atom. The number of aromatic nitrogens is 4. The van der Waals surface area contributed by atoms with Crippen LogP contribution in [0.5, 0.6) is 0 Å². The average molecular weight is 309 g/mol. The van der Waals surface area contributed by atoms with Crippen LogP contribution in [0.3, 0.4) is 0 Å². The van der Waals surface area contributed by atoms with Gasteiger partial charge in [0.05, 0.1) is 12.3 Å². The molecule has 6 heteroatoms. The molecular formula is C17H19N5O. The summed E-state index contributed by atoms with van der Waals surface area (Å²) in [6.45, 7) is 1.39. The number of hydrogen-bond acceptors (Lipinski definition) is 5. The highest BCUT2D eigenvalue weighted by atomic mass is 16.5. The zero-order valence-corrected chi connectivity index (χ0v) is 13.0. The monoisotopic (exact) mass is 309 g/mol. The van der Waals surface area contributed by atoms with Gasteiger partial charge in [0.25, 0.3) is 5.78 Å². The maximum atomic E-state index is 5.17. The van der Waals surface area contributed by atoms with Crippen LogP contribution in [0.25, 0.3) is 5.78 Å². The topological polar surface area (TPSA) is 64.3 Å². The Kier molecular flexibility index (Phi) is 3.67. The van der Waals surface area contributed by atoms with Gasteiger partial charge in [0, 0.05) is 19.7 Å². The lowest BCUT2D eigenvalue weighted by Gasteiger charge is -2.09. The van der Waals surface area contributed by atoms with Gasteiger partial charge in [0.2, 0.25) is 0 Å². The lowest BCUT2D eigenvalue weighted by Crippen LogP contribution is -2.11. The first-order valence-electron chi connectivity index (χ1n) is 7.82. The van der Waals surface area contributed by atoms with Crippen LogP contribution < -0.4 is 5.32 Å². The van der Waals surface area contributed by atoms with Crippen molar-refractivity contribution >= 4 is 11.6 Å². The van der Waals surface area contributed by atoms with Gasteiger partial charge in [-0.25, -0.2) is 4.98 Å². The van der Waals surface area contributed by atoms with Crippen molar-refractivity contribution in [1.82, 2.24) is 19.6 Å². The maximum Gasteiger partial charge on any atom is 0.254 e. The van der Waals surface area contributed by atoms with Gasteiger partial charge in [-0.15, -0.1) is 0 Å². The molecule has 2 atom stereocenters. The van der Waals surface area contributed by atoms with Crippen molar-refractivity contribution in [3.63, 3.8) is 0 Å². The van der Waals surface area contributed by atoms with E-state index in [9.17, 15) is 0 Å². The molecule has 23 heavy (non-hydrogen) atoms. The molecule has 6 nitrogen and oxygen atoms in total. The van der Waals surface area contributed by atoms with Gasteiger partial charge in [0.15, 0.2) is 0 Å². The second-order valence-electron chi connectivity index (χ2n) is 5.93. The van der Waals surface area contributed by atoms with Gasteiger partial charge >= 0.3 is 0 Å². The van der Waals surface area contributed by atoms with Gasteiger partial charge in [-0.05, 0) is 23.8 Å². The molecule has 0 unspecified atom stereocenters. The predicted octanol–water partition coefficient (Wildman–Crippen LogP) is 2.49. The summed E-state index contributed by atoms with van der Waals surface area (Å²) in [7, 11) is 1.66. The van der Waals surface area contributed by atoms with Crippen LogP contribution in [0.4, 0.5) is 5.82 Å². The standard InChI is InChI=1S/C17H19N5O/c1-23-10-14-8-16(22-17(21-14)19-11-20-22)18-9-13-7-15(13)12-5-3-2-4-6-12/h2-6,8,11,13,15,18H,7,9-10H2,1H3/t13-,15+/m1/s1. The molecule has 118 valence electrons. The van der Waals surface area contributed by atoms with E-state index in [0.29, 0.717) is 24.2 Å². The van der Waals surface area contributed by atoms with E-state index in [1.54, 1.807) is 11.6 Å². The molecule has 0 bridgehead atoms. The fourth-order valence-corrected chi connectivity index (χ4v) is 3.03. The first-order chi connectivity index (χ1) is 11.3. The minimum Gasteiger partial charge on any atom is -0.378 e. The molecule has 2 heterocycles. The van der Waals surface area contributed by atoms with Crippen LogP contribution in [0.1, 0.15) is 23.6 Å². The molecule has 1 aliphatic rings. The van der Waals surface area contributed by atoms with Crippen molar-refractivity contribution < 1.29 is 4.74 Å². The normalized spacial score (nSPS) is 19.9. The molecule has 1 N–H and O–H groups in total. The van der Waals surface area contributed by atoms with Crippen molar-refractivity contribution in [3.05, 3.63) is 54.0 Å². The number of anilines is 1. The van der Waals surface area contributed by atoms with E-state index in [1.165, 1.54) is 18.3 Å². The summed E-state index contributed by atoms with van der Waals surface area (Å²) in [6, 6.07) is 12.7. The number of nitrogens with one attached hydrogen (secondary N) is 1. The second-order valence-corrected chi connectivity index (χ2v) is 5.93. The molecule has 0 amide bonds. The Hall–Kier alpha value is -2.47. The van der Waals surface area contributed by atoms with E-state index in [0.717, 1.165) is 18.1 Å². The fourth-order valence-electron chi connectivity index (χ4n) is 3.03. The van der Waals surface area contributed by atoms with Crippen molar-refractivity contribution in [2.24, 2.45) is 5.92 Å². The Bertz CT molecular complexity index is 801. The highest BCUT2D eigenvalue weighted by molar-refractivity contribution is 5.45. The van der Waals surface area contributed by atoms with Crippen LogP contribution in [0.15, 0.2) is 42.7 Å². The number of ether oxygens (including phenoxy) is 1. The summed E-state index contributed by atoms with van der Waals surface area (Å²) in [4.78, 5) is 8.59. The summed E-state index contributed by atoms with van der Waals surface area (Å²) in [5, 5.41) is 7.73. The van der Waals surface area contributed by atoms with Gasteiger partial charge in [0.1, 0.15) is 12.1 Å². The lowest BCUT2D eigenvalue weighted by molar-refractivity contribution is 0.181. The number of rotatable bonds is 6. The summed E-state index contributed by atoms with van der Waals surface area (Å²) in [5.74, 6) is 2.83. The summed E-state index contributed by atoms with van der Waals surface area (Å²) >= 11 is 0. The van der Waals surface area contributed by atoms with Crippen molar-refractivity contribution in [1.29, 1.82) is 0 Å². The molecule has 1 saturated carbocycles. The van der Waals surface area contributed by atoms with Crippen LogP contribution in [-0.4, -0.2) is 33.2 Å². The molecule has 1 aliphatic carbocycles. The first-order valence-corrected chi connectivity index (χ1v) is 7.82. The van der Waals surface area contributed by atoms with Crippen LogP contribution in [0, 0.1) is 5.92 Å². The number of hydrogen-bond donors (Lipinski definition) is 1. The van der Waals surface area contributed by atoms with Crippen LogP contribution in [0.2, 0.25) is 0 Å². The number of nitrogens with zero attached hydrogens (tertiary/aromatic N) is 4. The van der Waals surface area contributed by atoms with E-state index in [4.69, 9.17) is 4.74 Å². The number of benzene rings is 1. The molecule has 4 rings (SSSR count). The highest BCUT2D eigenvalue weighted by Crippen LogP contribution is 2.47. The Morgan fingerprint density at radius 2 is 2.17 bits per heavy atom. The van der Waals surface area contributed by atoms with E-state index in [1.807, 2.05) is 6.07 Å². The number of fused-ring (bicyclic) bond motifs is 1. The molecule has 0 radical (unpaired) electrons. The average Bonchev–Trinajstić information content (AvgIpc) is 3.21. The predicted molar refractivity (Wildman–Crippen MR) is 87.3 cm³/mol. The van der Waals surface area contributed by atoms with Crippen LogP contribution in [-0.2, 0) is 11.3 Å². The van der Waals surface area contributed by atoms with Gasteiger partial charge < -0.3 is 10.1 Å². The SMILES string of the molecule is COCc1cc(NC[C@H]2C[C@H]2c2ccccc2)n2ncnc2n1. The minimum atomic E-state index is 0.466. The second kappa shape index (κ2) is 5.96. The largest absolute Gasteiger partial charge is 0.378 e.